The van der Waals surface area contributed by atoms with Gasteiger partial charge >= 0.3 is 5.97 Å². The molecular formula is C13H16N2O5S. The van der Waals surface area contributed by atoms with Crippen molar-refractivity contribution in [3.8, 4) is 17.6 Å². The zero-order valence-corrected chi connectivity index (χ0v) is 12.5. The second kappa shape index (κ2) is 7.52. The molecule has 0 atom stereocenters. The van der Waals surface area contributed by atoms with E-state index in [2.05, 4.69) is 21.3 Å². The SMILES string of the molecule is COC(=O)CS(=O)(=O)Nc1cc(C#CCN)ccc1OC. The molecule has 0 radical (unpaired) electrons. The third-order valence-corrected chi connectivity index (χ3v) is 3.48. The summed E-state index contributed by atoms with van der Waals surface area (Å²) in [6.07, 6.45) is 0. The standard InChI is InChI=1S/C13H16N2O5S/c1-19-12-6-5-10(4-3-7-14)8-11(12)15-21(17,18)9-13(16)20-2/h5-6,8,15H,7,9,14H2,1-2H3. The van der Waals surface area contributed by atoms with Crippen LogP contribution in [0.15, 0.2) is 18.2 Å². The summed E-state index contributed by atoms with van der Waals surface area (Å²) < 4.78 is 35.3. The van der Waals surface area contributed by atoms with E-state index in [1.54, 1.807) is 12.1 Å². The molecule has 0 unspecified atom stereocenters. The number of hydrogen-bond acceptors (Lipinski definition) is 6. The van der Waals surface area contributed by atoms with E-state index in [-0.39, 0.29) is 12.2 Å². The molecule has 0 aromatic heterocycles. The van der Waals surface area contributed by atoms with Gasteiger partial charge in [0.15, 0.2) is 5.75 Å². The maximum absolute atomic E-state index is 11.8. The second-order valence-electron chi connectivity index (χ2n) is 3.86. The Morgan fingerprint density at radius 3 is 2.67 bits per heavy atom. The molecule has 1 rings (SSSR count). The van der Waals surface area contributed by atoms with Gasteiger partial charge in [0, 0.05) is 5.56 Å². The van der Waals surface area contributed by atoms with Crippen molar-refractivity contribution in [2.75, 3.05) is 31.2 Å². The number of anilines is 1. The van der Waals surface area contributed by atoms with E-state index < -0.39 is 21.7 Å². The van der Waals surface area contributed by atoms with Crippen LogP contribution >= 0.6 is 0 Å². The molecule has 3 N–H and O–H groups in total. The van der Waals surface area contributed by atoms with Crippen molar-refractivity contribution < 1.29 is 22.7 Å². The molecule has 0 bridgehead atoms. The minimum Gasteiger partial charge on any atom is -0.495 e. The van der Waals surface area contributed by atoms with Crippen molar-refractivity contribution >= 4 is 21.7 Å². The number of esters is 1. The first kappa shape index (κ1) is 16.8. The highest BCUT2D eigenvalue weighted by atomic mass is 32.2. The van der Waals surface area contributed by atoms with E-state index in [0.717, 1.165) is 7.11 Å². The normalized spacial score (nSPS) is 10.2. The average Bonchev–Trinajstić information content (AvgIpc) is 2.44. The van der Waals surface area contributed by atoms with Gasteiger partial charge in [-0.25, -0.2) is 8.42 Å². The van der Waals surface area contributed by atoms with Crippen LogP contribution in [0.4, 0.5) is 5.69 Å². The Balaban J connectivity index is 3.07. The molecule has 0 aliphatic heterocycles. The van der Waals surface area contributed by atoms with Gasteiger partial charge in [0.05, 0.1) is 26.5 Å². The van der Waals surface area contributed by atoms with Crippen molar-refractivity contribution in [3.05, 3.63) is 23.8 Å². The lowest BCUT2D eigenvalue weighted by atomic mass is 10.2. The second-order valence-corrected chi connectivity index (χ2v) is 5.58. The maximum atomic E-state index is 11.8. The van der Waals surface area contributed by atoms with Crippen molar-refractivity contribution in [3.63, 3.8) is 0 Å². The Bertz CT molecular complexity index is 674. The molecule has 0 amide bonds. The first-order chi connectivity index (χ1) is 9.91. The Kier molecular flexibility index (Phi) is 6.02. The van der Waals surface area contributed by atoms with E-state index in [0.29, 0.717) is 11.3 Å². The van der Waals surface area contributed by atoms with Crippen LogP contribution in [0.2, 0.25) is 0 Å². The van der Waals surface area contributed by atoms with E-state index >= 15 is 0 Å². The van der Waals surface area contributed by atoms with Gasteiger partial charge in [0.25, 0.3) is 0 Å². The molecule has 7 nitrogen and oxygen atoms in total. The fraction of sp³-hybridized carbons (Fsp3) is 0.308. The van der Waals surface area contributed by atoms with Crippen LogP contribution in [0.5, 0.6) is 5.75 Å². The van der Waals surface area contributed by atoms with Crippen LogP contribution in [0.1, 0.15) is 5.56 Å². The quantitative estimate of drug-likeness (QED) is 0.581. The van der Waals surface area contributed by atoms with E-state index in [1.165, 1.54) is 13.2 Å². The van der Waals surface area contributed by atoms with Crippen molar-refractivity contribution in [2.45, 2.75) is 0 Å². The van der Waals surface area contributed by atoms with Gasteiger partial charge in [-0.3, -0.25) is 9.52 Å². The first-order valence-corrected chi connectivity index (χ1v) is 7.51. The smallest absolute Gasteiger partial charge is 0.322 e. The third kappa shape index (κ3) is 5.33. The van der Waals surface area contributed by atoms with Crippen LogP contribution in [0, 0.1) is 11.8 Å². The molecule has 0 aliphatic carbocycles. The largest absolute Gasteiger partial charge is 0.495 e. The maximum Gasteiger partial charge on any atom is 0.322 e. The Labute approximate surface area is 123 Å². The van der Waals surface area contributed by atoms with Crippen LogP contribution in [0.3, 0.4) is 0 Å². The lowest BCUT2D eigenvalue weighted by Gasteiger charge is -2.11. The molecule has 0 heterocycles. The Morgan fingerprint density at radius 1 is 1.38 bits per heavy atom. The van der Waals surface area contributed by atoms with Crippen LogP contribution in [-0.4, -0.2) is 40.9 Å². The minimum absolute atomic E-state index is 0.185. The van der Waals surface area contributed by atoms with Crippen LogP contribution in [-0.2, 0) is 19.6 Å². The van der Waals surface area contributed by atoms with Gasteiger partial charge in [0.2, 0.25) is 10.0 Å². The number of carbonyl (C=O) groups is 1. The molecule has 114 valence electrons. The number of benzene rings is 1. The third-order valence-electron chi connectivity index (χ3n) is 2.34. The van der Waals surface area contributed by atoms with E-state index in [9.17, 15) is 13.2 Å². The molecule has 21 heavy (non-hydrogen) atoms. The molecule has 1 aromatic carbocycles. The van der Waals surface area contributed by atoms with E-state index in [1.807, 2.05) is 0 Å². The van der Waals surface area contributed by atoms with Gasteiger partial charge in [-0.1, -0.05) is 11.8 Å². The predicted molar refractivity (Wildman–Crippen MR) is 78.4 cm³/mol. The summed E-state index contributed by atoms with van der Waals surface area (Å²) in [7, 11) is -1.38. The predicted octanol–water partition coefficient (Wildman–Crippen LogP) is -0.0799. The summed E-state index contributed by atoms with van der Waals surface area (Å²) in [5, 5.41) is 0. The number of nitrogens with two attached hydrogens (primary N) is 1. The highest BCUT2D eigenvalue weighted by Crippen LogP contribution is 2.26. The Hall–Kier alpha value is -2.24. The van der Waals surface area contributed by atoms with Gasteiger partial charge < -0.3 is 15.2 Å². The number of ether oxygens (including phenoxy) is 2. The molecule has 0 aliphatic rings. The van der Waals surface area contributed by atoms with Crippen molar-refractivity contribution in [1.82, 2.24) is 0 Å². The molecular weight excluding hydrogens is 296 g/mol. The van der Waals surface area contributed by atoms with Gasteiger partial charge in [-0.2, -0.15) is 0 Å². The lowest BCUT2D eigenvalue weighted by Crippen LogP contribution is -2.23. The van der Waals surface area contributed by atoms with Gasteiger partial charge in [-0.05, 0) is 18.2 Å². The molecule has 0 saturated carbocycles. The van der Waals surface area contributed by atoms with Gasteiger partial charge in [0.1, 0.15) is 5.75 Å². The fourth-order valence-electron chi connectivity index (χ4n) is 1.44. The average molecular weight is 312 g/mol. The zero-order valence-electron chi connectivity index (χ0n) is 11.7. The number of sulfonamides is 1. The number of rotatable bonds is 5. The number of hydrogen-bond donors (Lipinski definition) is 2. The molecule has 0 saturated heterocycles. The number of methoxy groups -OCH3 is 2. The number of carbonyl (C=O) groups excluding carboxylic acids is 1. The highest BCUT2D eigenvalue weighted by molar-refractivity contribution is 7.93. The van der Waals surface area contributed by atoms with Crippen molar-refractivity contribution in [2.24, 2.45) is 5.73 Å². The van der Waals surface area contributed by atoms with Crippen molar-refractivity contribution in [1.29, 1.82) is 0 Å². The summed E-state index contributed by atoms with van der Waals surface area (Å²) >= 11 is 0. The highest BCUT2D eigenvalue weighted by Gasteiger charge is 2.18. The summed E-state index contributed by atoms with van der Waals surface area (Å²) in [4.78, 5) is 11.1. The molecule has 0 spiro atoms. The van der Waals surface area contributed by atoms with Crippen LogP contribution in [0.25, 0.3) is 0 Å². The zero-order chi connectivity index (χ0) is 15.9. The monoisotopic (exact) mass is 312 g/mol. The fourth-order valence-corrected chi connectivity index (χ4v) is 2.43. The molecule has 8 heteroatoms. The summed E-state index contributed by atoms with van der Waals surface area (Å²) in [6.45, 7) is 0.190. The molecule has 0 fully saturated rings. The lowest BCUT2D eigenvalue weighted by molar-refractivity contribution is -0.137. The molecule has 1 aromatic rings. The Morgan fingerprint density at radius 2 is 2.10 bits per heavy atom. The summed E-state index contributed by atoms with van der Waals surface area (Å²) in [6, 6.07) is 4.73. The summed E-state index contributed by atoms with van der Waals surface area (Å²) in [5.41, 5.74) is 6.03. The first-order valence-electron chi connectivity index (χ1n) is 5.86. The van der Waals surface area contributed by atoms with E-state index in [4.69, 9.17) is 10.5 Å². The van der Waals surface area contributed by atoms with Crippen LogP contribution < -0.4 is 15.2 Å². The topological polar surface area (TPSA) is 108 Å². The van der Waals surface area contributed by atoms with Gasteiger partial charge in [-0.15, -0.1) is 0 Å². The number of nitrogens with one attached hydrogen (secondary N) is 1. The summed E-state index contributed by atoms with van der Waals surface area (Å²) in [5.74, 6) is 4.10. The minimum atomic E-state index is -3.89.